The highest BCUT2D eigenvalue weighted by Crippen LogP contribution is 2.11. The first kappa shape index (κ1) is 12.1. The Hall–Kier alpha value is -0.950. The summed E-state index contributed by atoms with van der Waals surface area (Å²) in [6.45, 7) is 2.10. The summed E-state index contributed by atoms with van der Waals surface area (Å²) in [6.07, 6.45) is 2.67. The zero-order valence-corrected chi connectivity index (χ0v) is 9.61. The lowest BCUT2D eigenvalue weighted by molar-refractivity contribution is 0.168. The molecule has 7 heteroatoms. The predicted molar refractivity (Wildman–Crippen MR) is 55.0 cm³/mol. The molecular formula is C8H15N3O3S. The molecule has 0 amide bonds. The van der Waals surface area contributed by atoms with E-state index in [9.17, 15) is 13.5 Å². The highest BCUT2D eigenvalue weighted by Gasteiger charge is 2.10. The van der Waals surface area contributed by atoms with E-state index in [-0.39, 0.29) is 12.3 Å². The van der Waals surface area contributed by atoms with E-state index >= 15 is 0 Å². The summed E-state index contributed by atoms with van der Waals surface area (Å²) in [6, 6.07) is 0. The average Bonchev–Trinajstić information content (AvgIpc) is 2.61. The number of hydrogen-bond acceptors (Lipinski definition) is 5. The molecule has 0 aliphatic carbocycles. The Kier molecular flexibility index (Phi) is 3.81. The third-order valence-corrected chi connectivity index (χ3v) is 2.90. The van der Waals surface area contributed by atoms with Gasteiger partial charge in [-0.1, -0.05) is 12.1 Å². The number of nitrogens with zero attached hydrogens (tertiary/aromatic N) is 3. The molecular weight excluding hydrogens is 218 g/mol. The largest absolute Gasteiger partial charge is 0.387 e. The van der Waals surface area contributed by atoms with Gasteiger partial charge in [0.25, 0.3) is 0 Å². The van der Waals surface area contributed by atoms with Crippen molar-refractivity contribution in [1.29, 1.82) is 0 Å². The minimum atomic E-state index is -2.99. The summed E-state index contributed by atoms with van der Waals surface area (Å²) in [4.78, 5) is 0. The monoisotopic (exact) mass is 233 g/mol. The molecule has 0 radical (unpaired) electrons. The van der Waals surface area contributed by atoms with Crippen LogP contribution in [-0.2, 0) is 16.4 Å². The minimum absolute atomic E-state index is 0.0258. The number of hydrogen-bond donors (Lipinski definition) is 1. The van der Waals surface area contributed by atoms with E-state index in [1.54, 1.807) is 6.20 Å². The lowest BCUT2D eigenvalue weighted by Gasteiger charge is -2.00. The number of aliphatic hydroxyl groups excluding tert-OH is 1. The van der Waals surface area contributed by atoms with Crippen LogP contribution >= 0.6 is 0 Å². The summed E-state index contributed by atoms with van der Waals surface area (Å²) in [5.74, 6) is 0.0258. The number of rotatable bonds is 5. The summed E-state index contributed by atoms with van der Waals surface area (Å²) < 4.78 is 23.2. The number of aryl methyl sites for hydroxylation is 1. The Bertz CT molecular complexity index is 413. The normalized spacial score (nSPS) is 14.1. The molecule has 0 aliphatic rings. The van der Waals surface area contributed by atoms with Crippen molar-refractivity contribution in [1.82, 2.24) is 15.0 Å². The smallest absolute Gasteiger partial charge is 0.149 e. The van der Waals surface area contributed by atoms with E-state index in [4.69, 9.17) is 0 Å². The molecule has 1 aromatic rings. The molecule has 1 heterocycles. The van der Waals surface area contributed by atoms with Crippen LogP contribution in [0.5, 0.6) is 0 Å². The first-order chi connectivity index (χ1) is 6.92. The zero-order chi connectivity index (χ0) is 11.5. The molecule has 6 nitrogen and oxygen atoms in total. The van der Waals surface area contributed by atoms with Crippen LogP contribution in [0.3, 0.4) is 0 Å². The third-order valence-electron chi connectivity index (χ3n) is 1.98. The van der Waals surface area contributed by atoms with Gasteiger partial charge >= 0.3 is 0 Å². The summed E-state index contributed by atoms with van der Waals surface area (Å²) in [5, 5.41) is 16.9. The van der Waals surface area contributed by atoms with Crippen LogP contribution < -0.4 is 0 Å². The van der Waals surface area contributed by atoms with Crippen molar-refractivity contribution in [2.75, 3.05) is 12.0 Å². The average molecular weight is 233 g/mol. The molecule has 1 atom stereocenters. The topological polar surface area (TPSA) is 85.1 Å². The fourth-order valence-electron chi connectivity index (χ4n) is 1.04. The highest BCUT2D eigenvalue weighted by atomic mass is 32.2. The number of sulfone groups is 1. The van der Waals surface area contributed by atoms with Crippen LogP contribution in [0.4, 0.5) is 0 Å². The zero-order valence-electron chi connectivity index (χ0n) is 8.79. The lowest BCUT2D eigenvalue weighted by Crippen LogP contribution is -2.11. The number of aliphatic hydroxyl groups is 1. The van der Waals surface area contributed by atoms with Crippen molar-refractivity contribution in [3.63, 3.8) is 0 Å². The maximum absolute atomic E-state index is 10.9. The Labute approximate surface area is 88.8 Å². The molecule has 0 aliphatic heterocycles. The predicted octanol–water partition coefficient (Wildman–Crippen LogP) is -0.234. The van der Waals surface area contributed by atoms with Crippen LogP contribution in [-0.4, -0.2) is 40.5 Å². The van der Waals surface area contributed by atoms with Crippen LogP contribution in [0, 0.1) is 0 Å². The van der Waals surface area contributed by atoms with Crippen LogP contribution in [0.2, 0.25) is 0 Å². The molecule has 0 aromatic carbocycles. The van der Waals surface area contributed by atoms with E-state index in [1.807, 2.05) is 6.92 Å². The number of aromatic nitrogens is 3. The van der Waals surface area contributed by atoms with Crippen molar-refractivity contribution in [2.24, 2.45) is 0 Å². The molecule has 0 saturated carbocycles. The Morgan fingerprint density at radius 3 is 2.80 bits per heavy atom. The second-order valence-corrected chi connectivity index (χ2v) is 5.72. The fourth-order valence-corrected chi connectivity index (χ4v) is 1.56. The van der Waals surface area contributed by atoms with Gasteiger partial charge in [0, 0.05) is 6.26 Å². The van der Waals surface area contributed by atoms with Gasteiger partial charge in [0.15, 0.2) is 0 Å². The quantitative estimate of drug-likeness (QED) is 0.759. The van der Waals surface area contributed by atoms with E-state index in [0.717, 1.165) is 0 Å². The standard InChI is InChI=1S/C8H15N3O3S/c1-3-8(12)7-6-11(10-9-7)4-5-15(2,13)14/h6,8,12H,3-5H2,1-2H3. The van der Waals surface area contributed by atoms with Crippen LogP contribution in [0.1, 0.15) is 25.1 Å². The van der Waals surface area contributed by atoms with Crippen LogP contribution in [0.25, 0.3) is 0 Å². The van der Waals surface area contributed by atoms with E-state index < -0.39 is 15.9 Å². The van der Waals surface area contributed by atoms with Crippen molar-refractivity contribution in [3.8, 4) is 0 Å². The maximum atomic E-state index is 10.9. The SMILES string of the molecule is CCC(O)c1cn(CCS(C)(=O)=O)nn1. The van der Waals surface area contributed by atoms with E-state index in [1.165, 1.54) is 10.9 Å². The third kappa shape index (κ3) is 3.96. The molecule has 1 unspecified atom stereocenters. The molecule has 0 spiro atoms. The Morgan fingerprint density at radius 1 is 1.60 bits per heavy atom. The summed E-state index contributed by atoms with van der Waals surface area (Å²) in [7, 11) is -2.99. The van der Waals surface area contributed by atoms with Gasteiger partial charge in [0.1, 0.15) is 15.5 Å². The lowest BCUT2D eigenvalue weighted by atomic mass is 10.2. The van der Waals surface area contributed by atoms with E-state index in [0.29, 0.717) is 12.1 Å². The van der Waals surface area contributed by atoms with E-state index in [2.05, 4.69) is 10.3 Å². The second-order valence-electron chi connectivity index (χ2n) is 3.46. The summed E-state index contributed by atoms with van der Waals surface area (Å²) >= 11 is 0. The Morgan fingerprint density at radius 2 is 2.27 bits per heavy atom. The molecule has 1 N–H and O–H groups in total. The first-order valence-electron chi connectivity index (χ1n) is 4.68. The highest BCUT2D eigenvalue weighted by molar-refractivity contribution is 7.90. The van der Waals surface area contributed by atoms with Crippen molar-refractivity contribution >= 4 is 9.84 Å². The van der Waals surface area contributed by atoms with Gasteiger partial charge in [-0.2, -0.15) is 0 Å². The Balaban J connectivity index is 2.61. The van der Waals surface area contributed by atoms with Crippen LogP contribution in [0.15, 0.2) is 6.20 Å². The molecule has 1 rings (SSSR count). The molecule has 1 aromatic heterocycles. The first-order valence-corrected chi connectivity index (χ1v) is 6.74. The maximum Gasteiger partial charge on any atom is 0.149 e. The molecule has 15 heavy (non-hydrogen) atoms. The summed E-state index contributed by atoms with van der Waals surface area (Å²) in [5.41, 5.74) is 0.478. The second kappa shape index (κ2) is 4.71. The fraction of sp³-hybridized carbons (Fsp3) is 0.750. The van der Waals surface area contributed by atoms with Gasteiger partial charge in [0.05, 0.1) is 24.6 Å². The van der Waals surface area contributed by atoms with Crippen molar-refractivity contribution in [3.05, 3.63) is 11.9 Å². The van der Waals surface area contributed by atoms with Crippen molar-refractivity contribution < 1.29 is 13.5 Å². The van der Waals surface area contributed by atoms with Gasteiger partial charge in [-0.05, 0) is 6.42 Å². The molecule has 86 valence electrons. The van der Waals surface area contributed by atoms with Gasteiger partial charge in [-0.25, -0.2) is 8.42 Å². The van der Waals surface area contributed by atoms with Gasteiger partial charge in [0.2, 0.25) is 0 Å². The van der Waals surface area contributed by atoms with Gasteiger partial charge in [-0.3, -0.25) is 4.68 Å². The minimum Gasteiger partial charge on any atom is -0.387 e. The molecule has 0 bridgehead atoms. The molecule has 0 fully saturated rings. The van der Waals surface area contributed by atoms with Gasteiger partial charge in [-0.15, -0.1) is 5.10 Å². The van der Waals surface area contributed by atoms with Gasteiger partial charge < -0.3 is 5.11 Å². The van der Waals surface area contributed by atoms with Crippen molar-refractivity contribution in [2.45, 2.75) is 26.0 Å². The molecule has 0 saturated heterocycles.